The van der Waals surface area contributed by atoms with Crippen LogP contribution in [0.3, 0.4) is 0 Å². The van der Waals surface area contributed by atoms with Gasteiger partial charge in [0.05, 0.1) is 11.6 Å². The highest BCUT2D eigenvalue weighted by atomic mass is 19.1. The van der Waals surface area contributed by atoms with Crippen LogP contribution in [0.25, 0.3) is 0 Å². The van der Waals surface area contributed by atoms with E-state index in [0.717, 1.165) is 12.1 Å². The van der Waals surface area contributed by atoms with Gasteiger partial charge in [-0.05, 0) is 18.6 Å². The zero-order valence-corrected chi connectivity index (χ0v) is 10.4. The summed E-state index contributed by atoms with van der Waals surface area (Å²) < 4.78 is 26.5. The number of carbonyl (C=O) groups is 1. The van der Waals surface area contributed by atoms with Crippen molar-refractivity contribution in [1.82, 2.24) is 0 Å². The summed E-state index contributed by atoms with van der Waals surface area (Å²) in [4.78, 5) is 16.0. The number of nitrogens with zero attached hydrogens (tertiary/aromatic N) is 2. The first-order valence-electron chi connectivity index (χ1n) is 5.81. The van der Waals surface area contributed by atoms with Gasteiger partial charge in [0.1, 0.15) is 17.7 Å². The Hall–Kier alpha value is -2.49. The standard InChI is InChI=1S/C13H10F2N2O3/c1-2-10-11(7-3-8(14)5-9(15)4-7)17-20-13(10,6-16)12(18)19/h3-5,10H,2H2,1H3,(H,18,19). The number of carboxylic acid groups (broad SMARTS) is 1. The van der Waals surface area contributed by atoms with E-state index in [-0.39, 0.29) is 17.7 Å². The Morgan fingerprint density at radius 2 is 2.10 bits per heavy atom. The quantitative estimate of drug-likeness (QED) is 0.918. The van der Waals surface area contributed by atoms with E-state index in [0.29, 0.717) is 6.07 Å². The van der Waals surface area contributed by atoms with E-state index in [1.807, 2.05) is 0 Å². The first kappa shape index (κ1) is 13.9. The Bertz CT molecular complexity index is 619. The molecule has 104 valence electrons. The summed E-state index contributed by atoms with van der Waals surface area (Å²) in [7, 11) is 0. The molecule has 1 N–H and O–H groups in total. The van der Waals surface area contributed by atoms with E-state index in [2.05, 4.69) is 5.16 Å². The number of aliphatic carboxylic acids is 1. The summed E-state index contributed by atoms with van der Waals surface area (Å²) >= 11 is 0. The summed E-state index contributed by atoms with van der Waals surface area (Å²) in [6, 6.07) is 4.31. The van der Waals surface area contributed by atoms with Gasteiger partial charge in [0.25, 0.3) is 0 Å². The molecule has 5 nitrogen and oxygen atoms in total. The van der Waals surface area contributed by atoms with Crippen LogP contribution in [-0.2, 0) is 9.63 Å². The van der Waals surface area contributed by atoms with Crippen LogP contribution in [0.5, 0.6) is 0 Å². The molecule has 2 unspecified atom stereocenters. The van der Waals surface area contributed by atoms with Crippen LogP contribution in [0.4, 0.5) is 8.78 Å². The second-order valence-corrected chi connectivity index (χ2v) is 4.34. The fourth-order valence-corrected chi connectivity index (χ4v) is 2.21. The second-order valence-electron chi connectivity index (χ2n) is 4.34. The highest BCUT2D eigenvalue weighted by molar-refractivity contribution is 6.07. The molecule has 0 saturated heterocycles. The molecular formula is C13H10F2N2O3. The van der Waals surface area contributed by atoms with Crippen molar-refractivity contribution in [2.45, 2.75) is 18.9 Å². The van der Waals surface area contributed by atoms with Gasteiger partial charge in [0.2, 0.25) is 0 Å². The van der Waals surface area contributed by atoms with Crippen molar-refractivity contribution in [3.63, 3.8) is 0 Å². The first-order chi connectivity index (χ1) is 9.44. The average molecular weight is 280 g/mol. The zero-order valence-electron chi connectivity index (χ0n) is 10.4. The number of rotatable bonds is 3. The molecule has 1 aromatic rings. The van der Waals surface area contributed by atoms with Crippen LogP contribution < -0.4 is 0 Å². The SMILES string of the molecule is CCC1C(c2cc(F)cc(F)c2)=NOC1(C#N)C(=O)O. The van der Waals surface area contributed by atoms with Crippen molar-refractivity contribution in [3.8, 4) is 6.07 Å². The van der Waals surface area contributed by atoms with Crippen LogP contribution >= 0.6 is 0 Å². The van der Waals surface area contributed by atoms with Crippen molar-refractivity contribution < 1.29 is 23.5 Å². The summed E-state index contributed by atoms with van der Waals surface area (Å²) in [5.41, 5.74) is -2.05. The Balaban J connectivity index is 2.49. The molecule has 0 spiro atoms. The smallest absolute Gasteiger partial charge is 0.366 e. The van der Waals surface area contributed by atoms with E-state index in [1.165, 1.54) is 0 Å². The van der Waals surface area contributed by atoms with Crippen molar-refractivity contribution in [3.05, 3.63) is 35.4 Å². The fraction of sp³-hybridized carbons (Fsp3) is 0.308. The minimum Gasteiger partial charge on any atom is -0.477 e. The van der Waals surface area contributed by atoms with Crippen molar-refractivity contribution >= 4 is 11.7 Å². The number of oxime groups is 1. The molecule has 1 heterocycles. The number of carboxylic acids is 1. The maximum atomic E-state index is 13.2. The summed E-state index contributed by atoms with van der Waals surface area (Å²) in [6.45, 7) is 1.64. The largest absolute Gasteiger partial charge is 0.477 e. The van der Waals surface area contributed by atoms with Crippen molar-refractivity contribution in [2.24, 2.45) is 11.1 Å². The number of hydrogen-bond acceptors (Lipinski definition) is 4. The minimum atomic E-state index is -2.16. The average Bonchev–Trinajstić information content (AvgIpc) is 2.77. The molecule has 2 atom stereocenters. The summed E-state index contributed by atoms with van der Waals surface area (Å²) in [5, 5.41) is 21.8. The van der Waals surface area contributed by atoms with Gasteiger partial charge in [-0.15, -0.1) is 0 Å². The molecular weight excluding hydrogens is 270 g/mol. The van der Waals surface area contributed by atoms with Gasteiger partial charge in [-0.2, -0.15) is 5.26 Å². The van der Waals surface area contributed by atoms with Gasteiger partial charge in [0, 0.05) is 11.6 Å². The second kappa shape index (κ2) is 4.89. The molecule has 0 fully saturated rings. The predicted octanol–water partition coefficient (Wildman–Crippen LogP) is 2.07. The van der Waals surface area contributed by atoms with Crippen molar-refractivity contribution in [1.29, 1.82) is 5.26 Å². The highest BCUT2D eigenvalue weighted by Gasteiger charge is 2.55. The lowest BCUT2D eigenvalue weighted by Crippen LogP contribution is -2.45. The molecule has 1 aromatic carbocycles. The van der Waals surface area contributed by atoms with E-state index < -0.39 is 29.1 Å². The van der Waals surface area contributed by atoms with Crippen molar-refractivity contribution in [2.75, 3.05) is 0 Å². The molecule has 0 aromatic heterocycles. The van der Waals surface area contributed by atoms with Crippen LogP contribution in [0.15, 0.2) is 23.4 Å². The Kier molecular flexibility index (Phi) is 3.40. The van der Waals surface area contributed by atoms with Gasteiger partial charge in [-0.3, -0.25) is 0 Å². The summed E-state index contributed by atoms with van der Waals surface area (Å²) in [6.07, 6.45) is 0.219. The van der Waals surface area contributed by atoms with E-state index in [4.69, 9.17) is 10.1 Å². The molecule has 1 aliphatic rings. The lowest BCUT2D eigenvalue weighted by Gasteiger charge is -2.21. The third-order valence-corrected chi connectivity index (χ3v) is 3.16. The Morgan fingerprint density at radius 3 is 2.55 bits per heavy atom. The van der Waals surface area contributed by atoms with Gasteiger partial charge in [0.15, 0.2) is 0 Å². The number of benzene rings is 1. The van der Waals surface area contributed by atoms with Crippen LogP contribution in [0.2, 0.25) is 0 Å². The number of nitriles is 1. The van der Waals surface area contributed by atoms with Crippen LogP contribution in [0, 0.1) is 28.9 Å². The normalized spacial score (nSPS) is 24.7. The van der Waals surface area contributed by atoms with Gasteiger partial charge >= 0.3 is 11.6 Å². The Labute approximate surface area is 113 Å². The molecule has 20 heavy (non-hydrogen) atoms. The zero-order chi connectivity index (χ0) is 14.9. The number of halogens is 2. The lowest BCUT2D eigenvalue weighted by molar-refractivity contribution is -0.159. The monoisotopic (exact) mass is 280 g/mol. The molecule has 0 amide bonds. The molecule has 0 aliphatic carbocycles. The Morgan fingerprint density at radius 1 is 1.50 bits per heavy atom. The molecule has 0 radical (unpaired) electrons. The third kappa shape index (κ3) is 1.99. The molecule has 0 saturated carbocycles. The maximum Gasteiger partial charge on any atom is 0.366 e. The molecule has 0 bridgehead atoms. The van der Waals surface area contributed by atoms with E-state index in [9.17, 15) is 18.7 Å². The molecule has 1 aliphatic heterocycles. The lowest BCUT2D eigenvalue weighted by atomic mass is 9.81. The van der Waals surface area contributed by atoms with E-state index >= 15 is 0 Å². The van der Waals surface area contributed by atoms with Crippen LogP contribution in [0.1, 0.15) is 18.9 Å². The third-order valence-electron chi connectivity index (χ3n) is 3.16. The highest BCUT2D eigenvalue weighted by Crippen LogP contribution is 2.35. The predicted molar refractivity (Wildman–Crippen MR) is 63.7 cm³/mol. The van der Waals surface area contributed by atoms with Gasteiger partial charge in [-0.25, -0.2) is 13.6 Å². The molecule has 2 rings (SSSR count). The van der Waals surface area contributed by atoms with Crippen LogP contribution in [-0.4, -0.2) is 22.4 Å². The topological polar surface area (TPSA) is 82.7 Å². The fourth-order valence-electron chi connectivity index (χ4n) is 2.21. The number of hydrogen-bond donors (Lipinski definition) is 1. The first-order valence-corrected chi connectivity index (χ1v) is 5.81. The minimum absolute atomic E-state index is 0.0508. The van der Waals surface area contributed by atoms with Gasteiger partial charge < -0.3 is 9.94 Å². The summed E-state index contributed by atoms with van der Waals surface area (Å²) in [5.74, 6) is -4.03. The maximum absolute atomic E-state index is 13.2. The molecule has 7 heteroatoms. The van der Waals surface area contributed by atoms with Gasteiger partial charge in [-0.1, -0.05) is 12.1 Å². The van der Waals surface area contributed by atoms with E-state index in [1.54, 1.807) is 13.0 Å².